The van der Waals surface area contributed by atoms with Crippen molar-refractivity contribution in [2.24, 2.45) is 17.4 Å². The third-order valence-electron chi connectivity index (χ3n) is 4.59. The van der Waals surface area contributed by atoms with Gasteiger partial charge in [-0.3, -0.25) is 14.6 Å². The molecule has 0 aliphatic carbocycles. The lowest BCUT2D eigenvalue weighted by atomic mass is 9.89. The topological polar surface area (TPSA) is 111 Å². The van der Waals surface area contributed by atoms with Gasteiger partial charge in [-0.05, 0) is 37.3 Å². The highest BCUT2D eigenvalue weighted by Gasteiger charge is 2.23. The van der Waals surface area contributed by atoms with E-state index in [2.05, 4.69) is 19.2 Å². The molecule has 0 fully saturated rings. The third-order valence-corrected chi connectivity index (χ3v) is 4.59. The Bertz CT molecular complexity index is 858. The highest BCUT2D eigenvalue weighted by molar-refractivity contribution is 6.03. The summed E-state index contributed by atoms with van der Waals surface area (Å²) in [5.41, 5.74) is 17.2. The van der Waals surface area contributed by atoms with Crippen LogP contribution >= 0.6 is 0 Å². The number of nitrogens with one attached hydrogen (secondary N) is 1. The summed E-state index contributed by atoms with van der Waals surface area (Å²) in [5, 5.41) is 2.78. The lowest BCUT2D eigenvalue weighted by Crippen LogP contribution is -2.30. The van der Waals surface area contributed by atoms with Crippen molar-refractivity contribution in [2.75, 3.05) is 6.54 Å². The lowest BCUT2D eigenvalue weighted by Gasteiger charge is -2.20. The smallest absolute Gasteiger partial charge is 0.253 e. The summed E-state index contributed by atoms with van der Waals surface area (Å²) >= 11 is 0. The minimum Gasteiger partial charge on any atom is -0.370 e. The number of aromatic nitrogens is 1. The maximum atomic E-state index is 13.0. The van der Waals surface area contributed by atoms with Crippen molar-refractivity contribution in [1.29, 1.82) is 0 Å². The van der Waals surface area contributed by atoms with Crippen molar-refractivity contribution in [3.05, 3.63) is 52.3 Å². The summed E-state index contributed by atoms with van der Waals surface area (Å²) in [5.74, 6) is -0.310. The number of carbonyl (C=O) groups is 2. The van der Waals surface area contributed by atoms with Gasteiger partial charge in [0.05, 0.1) is 11.3 Å². The second-order valence-corrected chi connectivity index (χ2v) is 7.51. The van der Waals surface area contributed by atoms with Crippen LogP contribution in [0.5, 0.6) is 0 Å². The number of aryl methyl sites for hydroxylation is 2. The summed E-state index contributed by atoms with van der Waals surface area (Å²) in [6, 6.07) is 8.04. The molecule has 0 aliphatic rings. The van der Waals surface area contributed by atoms with Crippen LogP contribution in [0.4, 0.5) is 0 Å². The number of pyridine rings is 1. The zero-order valence-electron chi connectivity index (χ0n) is 17.1. The van der Waals surface area contributed by atoms with Crippen molar-refractivity contribution in [1.82, 2.24) is 10.3 Å². The molecule has 2 rings (SSSR count). The number of amides is 2. The fourth-order valence-corrected chi connectivity index (χ4v) is 3.28. The second-order valence-electron chi connectivity index (χ2n) is 7.51. The highest BCUT2D eigenvalue weighted by Crippen LogP contribution is 2.32. The molecule has 0 radical (unpaired) electrons. The molecule has 28 heavy (non-hydrogen) atoms. The molecule has 2 aromatic rings. The summed E-state index contributed by atoms with van der Waals surface area (Å²) in [4.78, 5) is 28.7. The Morgan fingerprint density at radius 3 is 2.32 bits per heavy atom. The van der Waals surface area contributed by atoms with Gasteiger partial charge in [0.25, 0.3) is 5.91 Å². The predicted octanol–water partition coefficient (Wildman–Crippen LogP) is 2.63. The Balaban J connectivity index is 2.63. The van der Waals surface area contributed by atoms with Crippen LogP contribution in [-0.2, 0) is 17.8 Å². The Labute approximate surface area is 166 Å². The van der Waals surface area contributed by atoms with Crippen LogP contribution in [0.2, 0.25) is 0 Å². The number of hydrogen-bond acceptors (Lipinski definition) is 4. The van der Waals surface area contributed by atoms with Crippen LogP contribution in [0.1, 0.15) is 53.1 Å². The van der Waals surface area contributed by atoms with Crippen LogP contribution in [0, 0.1) is 19.8 Å². The SMILES string of the molecule is Cc1ccc(-c2c(CN)c(CC(C)C)nc(C)c2C(=O)NCCC(N)=O)cc1. The Hall–Kier alpha value is -2.73. The van der Waals surface area contributed by atoms with Gasteiger partial charge in [-0.15, -0.1) is 0 Å². The number of nitrogens with zero attached hydrogens (tertiary/aromatic N) is 1. The standard InChI is InChI=1S/C22H30N4O2/c1-13(2)11-18-17(12-23)21(16-7-5-14(3)6-8-16)20(15(4)26-18)22(28)25-10-9-19(24)27/h5-8,13H,9-12,23H2,1-4H3,(H2,24,27)(H,25,28). The van der Waals surface area contributed by atoms with Gasteiger partial charge in [0.1, 0.15) is 0 Å². The Kier molecular flexibility index (Phi) is 7.29. The summed E-state index contributed by atoms with van der Waals surface area (Å²) in [6.07, 6.45) is 0.878. The number of nitrogens with two attached hydrogens (primary N) is 2. The Morgan fingerprint density at radius 1 is 1.14 bits per heavy atom. The molecule has 5 N–H and O–H groups in total. The molecule has 1 aromatic carbocycles. The molecule has 1 aromatic heterocycles. The van der Waals surface area contributed by atoms with Crippen molar-refractivity contribution in [3.8, 4) is 11.1 Å². The first-order valence-electron chi connectivity index (χ1n) is 9.60. The van der Waals surface area contributed by atoms with E-state index < -0.39 is 5.91 Å². The molecule has 0 unspecified atom stereocenters. The van der Waals surface area contributed by atoms with Gasteiger partial charge in [-0.2, -0.15) is 0 Å². The zero-order chi connectivity index (χ0) is 20.8. The van der Waals surface area contributed by atoms with E-state index in [1.165, 1.54) is 0 Å². The number of hydrogen-bond donors (Lipinski definition) is 3. The van der Waals surface area contributed by atoms with Gasteiger partial charge in [0, 0.05) is 30.8 Å². The summed E-state index contributed by atoms with van der Waals surface area (Å²) in [6.45, 7) is 8.60. The van der Waals surface area contributed by atoms with E-state index in [0.717, 1.165) is 34.4 Å². The van der Waals surface area contributed by atoms with E-state index in [1.807, 2.05) is 38.1 Å². The molecule has 150 valence electrons. The van der Waals surface area contributed by atoms with E-state index in [9.17, 15) is 9.59 Å². The largest absolute Gasteiger partial charge is 0.370 e. The van der Waals surface area contributed by atoms with Crippen molar-refractivity contribution in [2.45, 2.75) is 47.1 Å². The monoisotopic (exact) mass is 382 g/mol. The fourth-order valence-electron chi connectivity index (χ4n) is 3.28. The molecule has 0 bridgehead atoms. The molecule has 0 saturated heterocycles. The van der Waals surface area contributed by atoms with E-state index in [1.54, 1.807) is 0 Å². The summed E-state index contributed by atoms with van der Waals surface area (Å²) < 4.78 is 0. The van der Waals surface area contributed by atoms with Gasteiger partial charge < -0.3 is 16.8 Å². The first-order chi connectivity index (χ1) is 13.2. The van der Waals surface area contributed by atoms with Gasteiger partial charge in [0.15, 0.2) is 0 Å². The third kappa shape index (κ3) is 5.16. The van der Waals surface area contributed by atoms with Crippen LogP contribution in [0.25, 0.3) is 11.1 Å². The minimum absolute atomic E-state index is 0.0905. The highest BCUT2D eigenvalue weighted by atomic mass is 16.2. The van der Waals surface area contributed by atoms with Crippen molar-refractivity contribution < 1.29 is 9.59 Å². The molecule has 6 nitrogen and oxygen atoms in total. The predicted molar refractivity (Wildman–Crippen MR) is 112 cm³/mol. The maximum Gasteiger partial charge on any atom is 0.253 e. The molecule has 6 heteroatoms. The average molecular weight is 383 g/mol. The maximum absolute atomic E-state index is 13.0. The minimum atomic E-state index is -0.455. The molecule has 2 amide bonds. The van der Waals surface area contributed by atoms with Crippen LogP contribution in [-0.4, -0.2) is 23.3 Å². The molecule has 0 aliphatic heterocycles. The van der Waals surface area contributed by atoms with E-state index in [4.69, 9.17) is 16.5 Å². The quantitative estimate of drug-likeness (QED) is 0.651. The van der Waals surface area contributed by atoms with E-state index in [0.29, 0.717) is 23.7 Å². The summed E-state index contributed by atoms with van der Waals surface area (Å²) in [7, 11) is 0. The average Bonchev–Trinajstić information content (AvgIpc) is 2.61. The lowest BCUT2D eigenvalue weighted by molar-refractivity contribution is -0.117. The van der Waals surface area contributed by atoms with Crippen LogP contribution < -0.4 is 16.8 Å². The van der Waals surface area contributed by atoms with Gasteiger partial charge in [-0.25, -0.2) is 0 Å². The van der Waals surface area contributed by atoms with E-state index >= 15 is 0 Å². The number of benzene rings is 1. The van der Waals surface area contributed by atoms with E-state index in [-0.39, 0.29) is 18.9 Å². The first-order valence-corrected chi connectivity index (χ1v) is 9.60. The molecular weight excluding hydrogens is 352 g/mol. The van der Waals surface area contributed by atoms with Gasteiger partial charge >= 0.3 is 0 Å². The van der Waals surface area contributed by atoms with Gasteiger partial charge in [-0.1, -0.05) is 43.7 Å². The van der Waals surface area contributed by atoms with Crippen LogP contribution in [0.15, 0.2) is 24.3 Å². The molecule has 0 atom stereocenters. The molecule has 0 spiro atoms. The normalized spacial score (nSPS) is 10.9. The first kappa shape index (κ1) is 21.6. The van der Waals surface area contributed by atoms with Gasteiger partial charge in [0.2, 0.25) is 5.91 Å². The van der Waals surface area contributed by atoms with Crippen molar-refractivity contribution >= 4 is 11.8 Å². The second kappa shape index (κ2) is 9.46. The number of rotatable bonds is 8. The van der Waals surface area contributed by atoms with Crippen LogP contribution in [0.3, 0.4) is 0 Å². The molecular formula is C22H30N4O2. The Morgan fingerprint density at radius 2 is 1.79 bits per heavy atom. The molecule has 0 saturated carbocycles. The fraction of sp³-hybridized carbons (Fsp3) is 0.409. The van der Waals surface area contributed by atoms with Crippen molar-refractivity contribution in [3.63, 3.8) is 0 Å². The number of carbonyl (C=O) groups excluding carboxylic acids is 2. The number of primary amides is 1. The molecule has 1 heterocycles. The zero-order valence-corrected chi connectivity index (χ0v) is 17.1.